The van der Waals surface area contributed by atoms with Gasteiger partial charge in [0.15, 0.2) is 0 Å². The highest BCUT2D eigenvalue weighted by Gasteiger charge is 2.30. The Labute approximate surface area is 164 Å². The lowest BCUT2D eigenvalue weighted by Gasteiger charge is -2.07. The van der Waals surface area contributed by atoms with Crippen molar-refractivity contribution in [3.63, 3.8) is 0 Å². The van der Waals surface area contributed by atoms with Gasteiger partial charge in [0, 0.05) is 11.2 Å². The third kappa shape index (κ3) is 5.72. The summed E-state index contributed by atoms with van der Waals surface area (Å²) in [4.78, 5) is 3.68. The minimum absolute atomic E-state index is 0.215. The van der Waals surface area contributed by atoms with Crippen LogP contribution in [0, 0.1) is 0 Å². The Morgan fingerprint density at radius 2 is 1.71 bits per heavy atom. The van der Waals surface area contributed by atoms with E-state index in [2.05, 4.69) is 15.5 Å². The average Bonchev–Trinajstić information content (AvgIpc) is 2.68. The Bertz CT molecular complexity index is 925. The normalized spacial score (nSPS) is 11.6. The minimum Gasteiger partial charge on any atom is -0.489 e. The van der Waals surface area contributed by atoms with Crippen molar-refractivity contribution in [3.8, 4) is 5.75 Å². The molecule has 0 saturated carbocycles. The Morgan fingerprint density at radius 1 is 1.00 bits per heavy atom. The average molecular weight is 406 g/mol. The fourth-order valence-corrected chi connectivity index (χ4v) is 2.32. The highest BCUT2D eigenvalue weighted by atomic mass is 35.5. The van der Waals surface area contributed by atoms with Gasteiger partial charge in [0.05, 0.1) is 11.8 Å². The van der Waals surface area contributed by atoms with Crippen LogP contribution in [0.3, 0.4) is 0 Å². The zero-order valence-corrected chi connectivity index (χ0v) is 15.2. The van der Waals surface area contributed by atoms with Crippen molar-refractivity contribution in [3.05, 3.63) is 88.6 Å². The molecule has 144 valence electrons. The highest BCUT2D eigenvalue weighted by Crippen LogP contribution is 2.28. The molecule has 0 atom stereocenters. The summed E-state index contributed by atoms with van der Waals surface area (Å²) in [5, 5.41) is 4.64. The molecule has 0 radical (unpaired) electrons. The van der Waals surface area contributed by atoms with E-state index < -0.39 is 11.7 Å². The summed E-state index contributed by atoms with van der Waals surface area (Å²) in [5.41, 5.74) is 3.57. The van der Waals surface area contributed by atoms with Crippen LogP contribution in [0.4, 0.5) is 19.0 Å². The molecule has 0 unspecified atom stereocenters. The van der Waals surface area contributed by atoms with Crippen LogP contribution in [-0.4, -0.2) is 11.2 Å². The molecule has 0 aliphatic heterocycles. The SMILES string of the molecule is FC(F)(F)c1ccc(N/N=C\c2ccc(OCc3ccc(Cl)cc3)cc2)nc1. The van der Waals surface area contributed by atoms with Crippen LogP contribution < -0.4 is 10.2 Å². The number of hydrogen-bond acceptors (Lipinski definition) is 4. The summed E-state index contributed by atoms with van der Waals surface area (Å²) in [6.45, 7) is 0.422. The van der Waals surface area contributed by atoms with Gasteiger partial charge in [-0.05, 0) is 59.7 Å². The van der Waals surface area contributed by atoms with Gasteiger partial charge in [-0.25, -0.2) is 4.98 Å². The molecule has 3 rings (SSSR count). The first-order chi connectivity index (χ1) is 13.4. The number of hydrazone groups is 1. The molecule has 1 aromatic heterocycles. The van der Waals surface area contributed by atoms with Gasteiger partial charge in [-0.15, -0.1) is 0 Å². The monoisotopic (exact) mass is 405 g/mol. The maximum atomic E-state index is 12.5. The van der Waals surface area contributed by atoms with Gasteiger partial charge in [0.1, 0.15) is 18.2 Å². The largest absolute Gasteiger partial charge is 0.489 e. The maximum absolute atomic E-state index is 12.5. The van der Waals surface area contributed by atoms with Gasteiger partial charge < -0.3 is 4.74 Å². The number of aromatic nitrogens is 1. The molecule has 3 aromatic rings. The van der Waals surface area contributed by atoms with Gasteiger partial charge in [-0.1, -0.05) is 23.7 Å². The molecule has 0 bridgehead atoms. The van der Waals surface area contributed by atoms with Crippen LogP contribution in [0.5, 0.6) is 5.75 Å². The first-order valence-corrected chi connectivity index (χ1v) is 8.57. The van der Waals surface area contributed by atoms with Gasteiger partial charge in [-0.3, -0.25) is 5.43 Å². The summed E-state index contributed by atoms with van der Waals surface area (Å²) in [5.74, 6) is 0.914. The Hall–Kier alpha value is -3.06. The fraction of sp³-hybridized carbons (Fsp3) is 0.100. The quantitative estimate of drug-likeness (QED) is 0.417. The molecular weight excluding hydrogens is 391 g/mol. The van der Waals surface area contributed by atoms with Crippen LogP contribution in [0.2, 0.25) is 5.02 Å². The lowest BCUT2D eigenvalue weighted by molar-refractivity contribution is -0.137. The van der Waals surface area contributed by atoms with E-state index in [4.69, 9.17) is 16.3 Å². The number of nitrogens with zero attached hydrogens (tertiary/aromatic N) is 2. The van der Waals surface area contributed by atoms with Crippen molar-refractivity contribution >= 4 is 23.6 Å². The molecule has 1 heterocycles. The number of nitrogens with one attached hydrogen (secondary N) is 1. The fourth-order valence-electron chi connectivity index (χ4n) is 2.20. The summed E-state index contributed by atoms with van der Waals surface area (Å²) in [7, 11) is 0. The van der Waals surface area contributed by atoms with E-state index in [-0.39, 0.29) is 5.82 Å². The summed E-state index contributed by atoms with van der Waals surface area (Å²) in [6.07, 6.45) is -2.13. The smallest absolute Gasteiger partial charge is 0.417 e. The lowest BCUT2D eigenvalue weighted by atomic mass is 10.2. The van der Waals surface area contributed by atoms with Crippen LogP contribution in [-0.2, 0) is 12.8 Å². The Morgan fingerprint density at radius 3 is 2.32 bits per heavy atom. The van der Waals surface area contributed by atoms with Gasteiger partial charge in [0.25, 0.3) is 0 Å². The number of hydrogen-bond donors (Lipinski definition) is 1. The molecule has 0 fully saturated rings. The second kappa shape index (κ2) is 8.75. The molecule has 0 aliphatic rings. The van der Waals surface area contributed by atoms with E-state index in [9.17, 15) is 13.2 Å². The summed E-state index contributed by atoms with van der Waals surface area (Å²) in [6, 6.07) is 16.8. The number of alkyl halides is 3. The van der Waals surface area contributed by atoms with Crippen molar-refractivity contribution in [2.24, 2.45) is 5.10 Å². The third-order valence-electron chi connectivity index (χ3n) is 3.68. The second-order valence-electron chi connectivity index (χ2n) is 5.78. The molecule has 4 nitrogen and oxygen atoms in total. The summed E-state index contributed by atoms with van der Waals surface area (Å²) < 4.78 is 43.2. The standard InChI is InChI=1S/C20H15ClF3N3O/c21-17-6-1-15(2-7-17)13-28-18-8-3-14(4-9-18)11-26-27-19-10-5-16(12-25-19)20(22,23)24/h1-12H,13H2,(H,25,27)/b26-11-. The zero-order chi connectivity index (χ0) is 20.0. The molecular formula is C20H15ClF3N3O. The molecule has 0 saturated heterocycles. The van der Waals surface area contributed by atoms with E-state index in [1.54, 1.807) is 24.3 Å². The first-order valence-electron chi connectivity index (χ1n) is 8.20. The van der Waals surface area contributed by atoms with Crippen molar-refractivity contribution < 1.29 is 17.9 Å². The molecule has 0 spiro atoms. The number of pyridine rings is 1. The van der Waals surface area contributed by atoms with Crippen LogP contribution in [0.1, 0.15) is 16.7 Å². The molecule has 0 aliphatic carbocycles. The second-order valence-corrected chi connectivity index (χ2v) is 6.22. The predicted molar refractivity (Wildman–Crippen MR) is 103 cm³/mol. The van der Waals surface area contributed by atoms with Gasteiger partial charge in [-0.2, -0.15) is 18.3 Å². The number of ether oxygens (including phenoxy) is 1. The van der Waals surface area contributed by atoms with E-state index in [1.165, 1.54) is 12.3 Å². The number of anilines is 1. The molecule has 2 aromatic carbocycles. The van der Waals surface area contributed by atoms with Crippen molar-refractivity contribution in [2.75, 3.05) is 5.43 Å². The van der Waals surface area contributed by atoms with E-state index in [0.717, 1.165) is 23.4 Å². The van der Waals surface area contributed by atoms with Crippen molar-refractivity contribution in [1.29, 1.82) is 0 Å². The predicted octanol–water partition coefficient (Wildman–Crippen LogP) is 5.78. The highest BCUT2D eigenvalue weighted by molar-refractivity contribution is 6.30. The molecule has 1 N–H and O–H groups in total. The van der Waals surface area contributed by atoms with E-state index >= 15 is 0 Å². The molecule has 8 heteroatoms. The topological polar surface area (TPSA) is 46.5 Å². The van der Waals surface area contributed by atoms with Gasteiger partial charge in [0.2, 0.25) is 0 Å². The van der Waals surface area contributed by atoms with Crippen LogP contribution in [0.15, 0.2) is 72.0 Å². The van der Waals surface area contributed by atoms with E-state index in [1.807, 2.05) is 24.3 Å². The van der Waals surface area contributed by atoms with Gasteiger partial charge >= 0.3 is 6.18 Å². The van der Waals surface area contributed by atoms with Crippen LogP contribution in [0.25, 0.3) is 0 Å². The Kier molecular flexibility index (Phi) is 6.16. The van der Waals surface area contributed by atoms with Crippen molar-refractivity contribution in [2.45, 2.75) is 12.8 Å². The molecule has 28 heavy (non-hydrogen) atoms. The summed E-state index contributed by atoms with van der Waals surface area (Å²) >= 11 is 5.84. The Balaban J connectivity index is 1.51. The molecule has 0 amide bonds. The minimum atomic E-state index is -4.41. The van der Waals surface area contributed by atoms with E-state index in [0.29, 0.717) is 17.4 Å². The third-order valence-corrected chi connectivity index (χ3v) is 3.93. The van der Waals surface area contributed by atoms with Crippen molar-refractivity contribution in [1.82, 2.24) is 4.98 Å². The number of halogens is 4. The number of benzene rings is 2. The van der Waals surface area contributed by atoms with Crippen LogP contribution >= 0.6 is 11.6 Å². The lowest BCUT2D eigenvalue weighted by Crippen LogP contribution is -2.05. The zero-order valence-electron chi connectivity index (χ0n) is 14.4. The first kappa shape index (κ1) is 19.7. The number of rotatable bonds is 6. The maximum Gasteiger partial charge on any atom is 0.417 e.